The van der Waals surface area contributed by atoms with E-state index in [-0.39, 0.29) is 34.9 Å². The first-order chi connectivity index (χ1) is 10.8. The van der Waals surface area contributed by atoms with Crippen LogP contribution < -0.4 is 10.0 Å². The monoisotopic (exact) mass is 362 g/mol. The van der Waals surface area contributed by atoms with Crippen LogP contribution >= 0.6 is 11.6 Å². The summed E-state index contributed by atoms with van der Waals surface area (Å²) in [6.07, 6.45) is 3.50. The van der Waals surface area contributed by atoms with Gasteiger partial charge < -0.3 is 5.32 Å². The molecule has 0 aliphatic heterocycles. The van der Waals surface area contributed by atoms with E-state index in [0.29, 0.717) is 6.54 Å². The number of carbonyl (C=O) groups excluding carboxylic acids is 1. The Balaban J connectivity index is 1.89. The zero-order valence-corrected chi connectivity index (χ0v) is 14.4. The van der Waals surface area contributed by atoms with Gasteiger partial charge in [-0.05, 0) is 30.9 Å². The van der Waals surface area contributed by atoms with E-state index in [1.165, 1.54) is 18.2 Å². The van der Waals surface area contributed by atoms with Gasteiger partial charge in [0.1, 0.15) is 5.82 Å². The second-order valence-electron chi connectivity index (χ2n) is 5.87. The lowest BCUT2D eigenvalue weighted by Crippen LogP contribution is -2.41. The maximum atomic E-state index is 13.7. The summed E-state index contributed by atoms with van der Waals surface area (Å²) in [7, 11) is -3.27. The molecule has 23 heavy (non-hydrogen) atoms. The first kappa shape index (κ1) is 18.2. The van der Waals surface area contributed by atoms with Gasteiger partial charge in [-0.15, -0.1) is 0 Å². The first-order valence-electron chi connectivity index (χ1n) is 7.43. The molecular weight excluding hydrogens is 343 g/mol. The third-order valence-corrected chi connectivity index (χ3v) is 5.07. The van der Waals surface area contributed by atoms with Crippen molar-refractivity contribution in [1.29, 1.82) is 0 Å². The Morgan fingerprint density at radius 1 is 1.39 bits per heavy atom. The predicted octanol–water partition coefficient (Wildman–Crippen LogP) is 1.86. The van der Waals surface area contributed by atoms with Crippen molar-refractivity contribution in [2.75, 3.05) is 12.8 Å². The van der Waals surface area contributed by atoms with E-state index < -0.39 is 15.8 Å². The number of carbonyl (C=O) groups is 1. The largest absolute Gasteiger partial charge is 0.355 e. The molecule has 0 spiro atoms. The van der Waals surface area contributed by atoms with Gasteiger partial charge in [0.05, 0.1) is 12.7 Å². The Labute approximate surface area is 140 Å². The van der Waals surface area contributed by atoms with Gasteiger partial charge in [-0.2, -0.15) is 0 Å². The van der Waals surface area contributed by atoms with Gasteiger partial charge in [-0.25, -0.2) is 17.5 Å². The average molecular weight is 363 g/mol. The molecule has 1 aliphatic rings. The Hall–Kier alpha value is -1.18. The van der Waals surface area contributed by atoms with Gasteiger partial charge in [0.25, 0.3) is 0 Å². The molecule has 1 aromatic carbocycles. The van der Waals surface area contributed by atoms with Gasteiger partial charge in [-0.3, -0.25) is 4.79 Å². The molecule has 0 bridgehead atoms. The molecule has 1 amide bonds. The van der Waals surface area contributed by atoms with Crippen molar-refractivity contribution in [1.82, 2.24) is 10.0 Å². The summed E-state index contributed by atoms with van der Waals surface area (Å²) in [6, 6.07) is 4.12. The number of rotatable bonds is 6. The Morgan fingerprint density at radius 3 is 2.78 bits per heavy atom. The summed E-state index contributed by atoms with van der Waals surface area (Å²) in [6.45, 7) is 0.359. The van der Waals surface area contributed by atoms with Crippen LogP contribution in [0.1, 0.15) is 24.8 Å². The maximum absolute atomic E-state index is 13.7. The molecule has 8 heteroatoms. The van der Waals surface area contributed by atoms with Gasteiger partial charge in [0.15, 0.2) is 0 Å². The highest BCUT2D eigenvalue weighted by atomic mass is 35.5. The zero-order chi connectivity index (χ0) is 17.0. The fourth-order valence-corrected chi connectivity index (χ4v) is 3.97. The van der Waals surface area contributed by atoms with Crippen LogP contribution in [-0.2, 0) is 21.2 Å². The summed E-state index contributed by atoms with van der Waals surface area (Å²) >= 11 is 5.90. The quantitative estimate of drug-likeness (QED) is 0.811. The van der Waals surface area contributed by atoms with Crippen LogP contribution in [0.3, 0.4) is 0 Å². The van der Waals surface area contributed by atoms with Crippen molar-refractivity contribution in [2.24, 2.45) is 5.92 Å². The SMILES string of the molecule is CS(=O)(=O)NC1CCCC1CNC(=O)Cc1c(F)cccc1Cl. The number of hydrogen-bond acceptors (Lipinski definition) is 3. The van der Waals surface area contributed by atoms with Crippen molar-refractivity contribution < 1.29 is 17.6 Å². The number of benzene rings is 1. The van der Waals surface area contributed by atoms with Gasteiger partial charge in [-0.1, -0.05) is 24.1 Å². The standard InChI is InChI=1S/C15H20ClFN2O3S/c1-23(21,22)19-14-7-2-4-10(14)9-18-15(20)8-11-12(16)5-3-6-13(11)17/h3,5-6,10,14,19H,2,4,7-9H2,1H3,(H,18,20). The lowest BCUT2D eigenvalue weighted by atomic mass is 10.0. The summed E-state index contributed by atoms with van der Waals surface area (Å²) in [5.41, 5.74) is 0.170. The van der Waals surface area contributed by atoms with E-state index in [1.54, 1.807) is 0 Å². The van der Waals surface area contributed by atoms with Gasteiger partial charge in [0.2, 0.25) is 15.9 Å². The molecule has 1 saturated carbocycles. The highest BCUT2D eigenvalue weighted by Gasteiger charge is 2.29. The zero-order valence-electron chi connectivity index (χ0n) is 12.8. The van der Waals surface area contributed by atoms with Crippen LogP contribution in [0.25, 0.3) is 0 Å². The molecule has 1 aliphatic carbocycles. The minimum atomic E-state index is -3.27. The molecule has 1 aromatic rings. The van der Waals surface area contributed by atoms with E-state index in [4.69, 9.17) is 11.6 Å². The lowest BCUT2D eigenvalue weighted by molar-refractivity contribution is -0.120. The van der Waals surface area contributed by atoms with Crippen molar-refractivity contribution >= 4 is 27.5 Å². The number of hydrogen-bond donors (Lipinski definition) is 2. The van der Waals surface area contributed by atoms with Crippen LogP contribution in [0.15, 0.2) is 18.2 Å². The molecule has 0 radical (unpaired) electrons. The van der Waals surface area contributed by atoms with E-state index in [9.17, 15) is 17.6 Å². The molecule has 128 valence electrons. The van der Waals surface area contributed by atoms with Crippen molar-refractivity contribution in [3.63, 3.8) is 0 Å². The second kappa shape index (κ2) is 7.59. The Morgan fingerprint density at radius 2 is 2.13 bits per heavy atom. The fourth-order valence-electron chi connectivity index (χ4n) is 2.88. The van der Waals surface area contributed by atoms with Gasteiger partial charge in [0, 0.05) is 23.2 Å². The number of amides is 1. The molecule has 1 fully saturated rings. The molecule has 2 unspecified atom stereocenters. The molecule has 0 saturated heterocycles. The fraction of sp³-hybridized carbons (Fsp3) is 0.533. The summed E-state index contributed by atoms with van der Waals surface area (Å²) in [5, 5.41) is 2.96. The predicted molar refractivity (Wildman–Crippen MR) is 87.2 cm³/mol. The minimum Gasteiger partial charge on any atom is -0.355 e. The van der Waals surface area contributed by atoms with Crippen molar-refractivity contribution in [2.45, 2.75) is 31.7 Å². The number of sulfonamides is 1. The van der Waals surface area contributed by atoms with E-state index in [2.05, 4.69) is 10.0 Å². The molecule has 2 N–H and O–H groups in total. The first-order valence-corrected chi connectivity index (χ1v) is 9.70. The van der Waals surface area contributed by atoms with Crippen LogP contribution in [-0.4, -0.2) is 33.2 Å². The molecule has 0 aromatic heterocycles. The normalized spacial score (nSPS) is 21.3. The van der Waals surface area contributed by atoms with Gasteiger partial charge >= 0.3 is 0 Å². The second-order valence-corrected chi connectivity index (χ2v) is 8.06. The summed E-state index contributed by atoms with van der Waals surface area (Å²) < 4.78 is 38.9. The smallest absolute Gasteiger partial charge is 0.224 e. The van der Waals surface area contributed by atoms with E-state index in [0.717, 1.165) is 25.5 Å². The summed E-state index contributed by atoms with van der Waals surface area (Å²) in [5.74, 6) is -0.795. The average Bonchev–Trinajstić information content (AvgIpc) is 2.86. The van der Waals surface area contributed by atoms with Crippen molar-refractivity contribution in [3.05, 3.63) is 34.6 Å². The highest BCUT2D eigenvalue weighted by molar-refractivity contribution is 7.88. The molecular formula is C15H20ClFN2O3S. The Kier molecular flexibility index (Phi) is 6.00. The van der Waals surface area contributed by atoms with E-state index in [1.807, 2.05) is 0 Å². The summed E-state index contributed by atoms with van der Waals surface area (Å²) in [4.78, 5) is 12.0. The minimum absolute atomic E-state index is 0.0461. The van der Waals surface area contributed by atoms with E-state index >= 15 is 0 Å². The van der Waals surface area contributed by atoms with Crippen LogP contribution in [0, 0.1) is 11.7 Å². The lowest BCUT2D eigenvalue weighted by Gasteiger charge is -2.20. The molecule has 5 nitrogen and oxygen atoms in total. The number of halogens is 2. The van der Waals surface area contributed by atoms with Crippen LogP contribution in [0.2, 0.25) is 5.02 Å². The van der Waals surface area contributed by atoms with Crippen LogP contribution in [0.4, 0.5) is 4.39 Å². The third kappa shape index (κ3) is 5.44. The topological polar surface area (TPSA) is 75.3 Å². The maximum Gasteiger partial charge on any atom is 0.224 e. The molecule has 0 heterocycles. The number of nitrogens with one attached hydrogen (secondary N) is 2. The molecule has 2 rings (SSSR count). The molecule has 2 atom stereocenters. The highest BCUT2D eigenvalue weighted by Crippen LogP contribution is 2.25. The van der Waals surface area contributed by atoms with Crippen molar-refractivity contribution in [3.8, 4) is 0 Å². The third-order valence-electron chi connectivity index (χ3n) is 3.98. The van der Waals surface area contributed by atoms with Crippen LogP contribution in [0.5, 0.6) is 0 Å². The Bertz CT molecular complexity index is 661.